The fourth-order valence-electron chi connectivity index (χ4n) is 1.39. The molecule has 16 heavy (non-hydrogen) atoms. The van der Waals surface area contributed by atoms with E-state index in [1.807, 2.05) is 18.2 Å². The Morgan fingerprint density at radius 3 is 2.62 bits per heavy atom. The summed E-state index contributed by atoms with van der Waals surface area (Å²) in [6, 6.07) is 8.08. The van der Waals surface area contributed by atoms with E-state index in [1.54, 1.807) is 0 Å². The van der Waals surface area contributed by atoms with Gasteiger partial charge in [0, 0.05) is 0 Å². The molecule has 0 aliphatic heterocycles. The lowest BCUT2D eigenvalue weighted by Gasteiger charge is -2.08. The number of hydrogen-bond acceptors (Lipinski definition) is 2. The summed E-state index contributed by atoms with van der Waals surface area (Å²) in [6.07, 6.45) is 3.23. The van der Waals surface area contributed by atoms with E-state index < -0.39 is 0 Å². The first-order valence-electron chi connectivity index (χ1n) is 5.50. The maximum atomic E-state index is 5.68. The van der Waals surface area contributed by atoms with Gasteiger partial charge in [-0.05, 0) is 37.8 Å². The second kappa shape index (κ2) is 8.81. The predicted molar refractivity (Wildman–Crippen MR) is 70.6 cm³/mol. The molecular formula is C12H18ClO2P. The lowest BCUT2D eigenvalue weighted by atomic mass is 10.2. The highest BCUT2D eigenvalue weighted by molar-refractivity contribution is 7.64. The van der Waals surface area contributed by atoms with Gasteiger partial charge in [0.05, 0.1) is 13.2 Å². The molecule has 0 N–H and O–H groups in total. The van der Waals surface area contributed by atoms with Crippen molar-refractivity contribution < 1.29 is 9.26 Å². The van der Waals surface area contributed by atoms with E-state index >= 15 is 0 Å². The van der Waals surface area contributed by atoms with Crippen molar-refractivity contribution in [2.45, 2.75) is 26.2 Å². The quantitative estimate of drug-likeness (QED) is 0.512. The Balaban J connectivity index is 2.05. The molecule has 1 atom stereocenters. The monoisotopic (exact) mass is 260 g/mol. The van der Waals surface area contributed by atoms with Crippen LogP contribution in [0.15, 0.2) is 24.3 Å². The maximum absolute atomic E-state index is 5.68. The summed E-state index contributed by atoms with van der Waals surface area (Å²) < 4.78 is 10.7. The van der Waals surface area contributed by atoms with Crippen LogP contribution in [0.4, 0.5) is 0 Å². The van der Waals surface area contributed by atoms with Gasteiger partial charge in [-0.2, -0.15) is 0 Å². The molecule has 0 bridgehead atoms. The van der Waals surface area contributed by atoms with Crippen molar-refractivity contribution in [2.75, 3.05) is 13.2 Å². The highest BCUT2D eigenvalue weighted by atomic mass is 35.7. The Morgan fingerprint density at radius 1 is 1.12 bits per heavy atom. The van der Waals surface area contributed by atoms with Crippen LogP contribution in [0.5, 0.6) is 5.75 Å². The minimum Gasteiger partial charge on any atom is -0.493 e. The second-order valence-corrected chi connectivity index (χ2v) is 4.51. The summed E-state index contributed by atoms with van der Waals surface area (Å²) in [6.45, 7) is 3.59. The number of rotatable bonds is 8. The van der Waals surface area contributed by atoms with Crippen molar-refractivity contribution in [3.05, 3.63) is 29.8 Å². The van der Waals surface area contributed by atoms with Gasteiger partial charge < -0.3 is 9.26 Å². The third-order valence-corrected chi connectivity index (χ3v) is 2.94. The van der Waals surface area contributed by atoms with Gasteiger partial charge in [0.2, 0.25) is 0 Å². The number of ether oxygens (including phenoxy) is 1. The van der Waals surface area contributed by atoms with E-state index in [0.717, 1.165) is 38.2 Å². The van der Waals surface area contributed by atoms with Crippen LogP contribution in [-0.2, 0) is 4.52 Å². The molecular weight excluding hydrogens is 243 g/mol. The van der Waals surface area contributed by atoms with Crippen LogP contribution in [0.3, 0.4) is 0 Å². The van der Waals surface area contributed by atoms with Gasteiger partial charge >= 0.3 is 0 Å². The number of unbranched alkanes of at least 4 members (excludes halogenated alkanes) is 2. The summed E-state index contributed by atoms with van der Waals surface area (Å²) in [5.74, 6) is 0.987. The third kappa shape index (κ3) is 5.69. The number of para-hydroxylation sites is 1. The standard InChI is InChI=1S/C12H18ClO2P/c1-11-7-3-4-8-12(11)14-9-5-2-6-10-15-16-13/h3-4,7-8,16H,2,5-6,9-10H2,1H3. The molecule has 0 aliphatic carbocycles. The van der Waals surface area contributed by atoms with Crippen LogP contribution in [0.25, 0.3) is 0 Å². The van der Waals surface area contributed by atoms with Crippen LogP contribution < -0.4 is 4.74 Å². The lowest BCUT2D eigenvalue weighted by Crippen LogP contribution is -1.99. The molecule has 0 fully saturated rings. The summed E-state index contributed by atoms with van der Waals surface area (Å²) in [7, 11) is 0.0868. The molecule has 4 heteroatoms. The molecule has 0 amide bonds. The summed E-state index contributed by atoms with van der Waals surface area (Å²) >= 11 is 5.42. The van der Waals surface area contributed by atoms with Gasteiger partial charge in [-0.3, -0.25) is 0 Å². The fourth-order valence-corrected chi connectivity index (χ4v) is 1.85. The summed E-state index contributed by atoms with van der Waals surface area (Å²) in [5, 5.41) is 0. The van der Waals surface area contributed by atoms with E-state index in [1.165, 1.54) is 5.56 Å². The number of aryl methyl sites for hydroxylation is 1. The van der Waals surface area contributed by atoms with Crippen LogP contribution in [0, 0.1) is 6.92 Å². The fraction of sp³-hybridized carbons (Fsp3) is 0.500. The van der Waals surface area contributed by atoms with Crippen molar-refractivity contribution in [1.29, 1.82) is 0 Å². The topological polar surface area (TPSA) is 18.5 Å². The highest BCUT2D eigenvalue weighted by Crippen LogP contribution is 2.18. The van der Waals surface area contributed by atoms with Gasteiger partial charge in [0.1, 0.15) is 13.9 Å². The van der Waals surface area contributed by atoms with Crippen molar-refractivity contribution >= 4 is 19.4 Å². The normalized spacial score (nSPS) is 11.1. The first-order chi connectivity index (χ1) is 7.84. The molecule has 1 aromatic carbocycles. The molecule has 1 rings (SSSR count). The lowest BCUT2D eigenvalue weighted by molar-refractivity contribution is 0.291. The Hall–Kier alpha value is -0.300. The summed E-state index contributed by atoms with van der Waals surface area (Å²) in [4.78, 5) is 0. The molecule has 0 radical (unpaired) electrons. The number of benzene rings is 1. The van der Waals surface area contributed by atoms with Crippen molar-refractivity contribution in [3.8, 4) is 5.75 Å². The van der Waals surface area contributed by atoms with Gasteiger partial charge in [0.15, 0.2) is 0 Å². The highest BCUT2D eigenvalue weighted by Gasteiger charge is 1.97. The minimum atomic E-state index is 0.0868. The van der Waals surface area contributed by atoms with Gasteiger partial charge in [-0.1, -0.05) is 29.4 Å². The van der Waals surface area contributed by atoms with Crippen LogP contribution in [0.2, 0.25) is 0 Å². The summed E-state index contributed by atoms with van der Waals surface area (Å²) in [5.41, 5.74) is 1.19. The van der Waals surface area contributed by atoms with Crippen LogP contribution in [0.1, 0.15) is 24.8 Å². The van der Waals surface area contributed by atoms with Crippen molar-refractivity contribution in [2.24, 2.45) is 0 Å². The average Bonchev–Trinajstić information content (AvgIpc) is 2.30. The zero-order valence-electron chi connectivity index (χ0n) is 9.54. The first-order valence-corrected chi connectivity index (χ1v) is 7.42. The average molecular weight is 261 g/mol. The first kappa shape index (κ1) is 13.8. The minimum absolute atomic E-state index is 0.0868. The van der Waals surface area contributed by atoms with Gasteiger partial charge in [0.25, 0.3) is 0 Å². The third-order valence-electron chi connectivity index (χ3n) is 2.30. The van der Waals surface area contributed by atoms with Gasteiger partial charge in [-0.15, -0.1) is 0 Å². The Kier molecular flexibility index (Phi) is 7.58. The van der Waals surface area contributed by atoms with E-state index in [2.05, 4.69) is 13.0 Å². The van der Waals surface area contributed by atoms with E-state index in [4.69, 9.17) is 20.5 Å². The molecule has 0 heterocycles. The zero-order chi connectivity index (χ0) is 11.6. The number of hydrogen-bond donors (Lipinski definition) is 0. The Bertz CT molecular complexity index is 294. The molecule has 0 aromatic heterocycles. The maximum Gasteiger partial charge on any atom is 0.122 e. The molecule has 0 saturated heterocycles. The van der Waals surface area contributed by atoms with Crippen molar-refractivity contribution in [3.63, 3.8) is 0 Å². The number of halogens is 1. The smallest absolute Gasteiger partial charge is 0.122 e. The SMILES string of the molecule is Cc1ccccc1OCCCCCOPCl. The molecule has 90 valence electrons. The van der Waals surface area contributed by atoms with Crippen LogP contribution >= 0.6 is 19.4 Å². The molecule has 0 aliphatic rings. The van der Waals surface area contributed by atoms with Gasteiger partial charge in [-0.25, -0.2) is 0 Å². The largest absolute Gasteiger partial charge is 0.493 e. The Morgan fingerprint density at radius 2 is 1.88 bits per heavy atom. The van der Waals surface area contributed by atoms with E-state index in [-0.39, 0.29) is 8.16 Å². The Labute approximate surface area is 104 Å². The molecule has 2 nitrogen and oxygen atoms in total. The molecule has 0 spiro atoms. The van der Waals surface area contributed by atoms with E-state index in [9.17, 15) is 0 Å². The second-order valence-electron chi connectivity index (χ2n) is 3.60. The zero-order valence-corrected chi connectivity index (χ0v) is 11.3. The van der Waals surface area contributed by atoms with E-state index in [0.29, 0.717) is 0 Å². The van der Waals surface area contributed by atoms with Crippen molar-refractivity contribution in [1.82, 2.24) is 0 Å². The molecule has 1 unspecified atom stereocenters. The molecule has 0 saturated carbocycles. The van der Waals surface area contributed by atoms with Crippen LogP contribution in [-0.4, -0.2) is 13.2 Å². The molecule has 1 aromatic rings. The predicted octanol–water partition coefficient (Wildman–Crippen LogP) is 4.31.